The number of amides is 1. The molecule has 2 aromatic heterocycles. The van der Waals surface area contributed by atoms with Gasteiger partial charge in [0.15, 0.2) is 5.82 Å². The van der Waals surface area contributed by atoms with E-state index in [2.05, 4.69) is 21.5 Å². The molecule has 1 amide bonds. The highest BCUT2D eigenvalue weighted by Crippen LogP contribution is 2.36. The smallest absolute Gasteiger partial charge is 0.410 e. The lowest BCUT2D eigenvalue weighted by Gasteiger charge is -2.41. The van der Waals surface area contributed by atoms with Crippen LogP contribution < -0.4 is 9.62 Å². The first-order valence-electron chi connectivity index (χ1n) is 15.0. The average Bonchev–Trinajstić information content (AvgIpc) is 3.43. The molecule has 0 bridgehead atoms. The quantitative estimate of drug-likeness (QED) is 0.241. The summed E-state index contributed by atoms with van der Waals surface area (Å²) in [6, 6.07) is 16.2. The summed E-state index contributed by atoms with van der Waals surface area (Å²) in [4.78, 5) is 20.7. The molecular weight excluding hydrogens is 595 g/mol. The Kier molecular flexibility index (Phi) is 9.15. The maximum Gasteiger partial charge on any atom is 0.410 e. The predicted molar refractivity (Wildman–Crippen MR) is 175 cm³/mol. The SMILES string of the molecule is CCCS(=O)(=O)Nc1cccc(-c2cn(-c3ccc(N4CCN(C(=O)OC(C)(C)C)C[C@@H]4C)cc3)nc2-c2ccncc2)c1F. The first-order chi connectivity index (χ1) is 21.3. The summed E-state index contributed by atoms with van der Waals surface area (Å²) in [5.41, 5.74) is 3.11. The second-order valence-electron chi connectivity index (χ2n) is 12.1. The molecule has 0 aliphatic carbocycles. The predicted octanol–water partition coefficient (Wildman–Crippen LogP) is 6.34. The Labute approximate surface area is 263 Å². The monoisotopic (exact) mass is 634 g/mol. The zero-order chi connectivity index (χ0) is 32.4. The molecule has 1 aliphatic heterocycles. The number of piperazine rings is 1. The summed E-state index contributed by atoms with van der Waals surface area (Å²) in [5, 5.41) is 4.83. The Morgan fingerprint density at radius 3 is 2.36 bits per heavy atom. The van der Waals surface area contributed by atoms with E-state index < -0.39 is 21.4 Å². The third-order valence-electron chi connectivity index (χ3n) is 7.42. The number of sulfonamides is 1. The molecule has 5 rings (SSSR count). The average molecular weight is 635 g/mol. The van der Waals surface area contributed by atoms with Gasteiger partial charge in [-0.1, -0.05) is 19.1 Å². The fraction of sp³-hybridized carbons (Fsp3) is 0.364. The number of nitrogens with zero attached hydrogens (tertiary/aromatic N) is 5. The molecule has 0 spiro atoms. The van der Waals surface area contributed by atoms with E-state index in [1.54, 1.807) is 59.4 Å². The van der Waals surface area contributed by atoms with Gasteiger partial charge in [-0.2, -0.15) is 5.10 Å². The van der Waals surface area contributed by atoms with Gasteiger partial charge in [0, 0.05) is 66.6 Å². The van der Waals surface area contributed by atoms with Gasteiger partial charge in [-0.3, -0.25) is 9.71 Å². The van der Waals surface area contributed by atoms with Crippen molar-refractivity contribution in [3.05, 3.63) is 79.0 Å². The minimum Gasteiger partial charge on any atom is -0.444 e. The molecule has 0 unspecified atom stereocenters. The Balaban J connectivity index is 1.43. The molecule has 1 aliphatic rings. The Morgan fingerprint density at radius 2 is 1.71 bits per heavy atom. The highest BCUT2D eigenvalue weighted by Gasteiger charge is 2.30. The molecule has 12 heteroatoms. The molecule has 10 nitrogen and oxygen atoms in total. The second-order valence-corrected chi connectivity index (χ2v) is 14.0. The molecule has 0 radical (unpaired) electrons. The van der Waals surface area contributed by atoms with Crippen molar-refractivity contribution in [3.63, 3.8) is 0 Å². The van der Waals surface area contributed by atoms with E-state index >= 15 is 4.39 Å². The van der Waals surface area contributed by atoms with Crippen LogP contribution in [0.5, 0.6) is 0 Å². The van der Waals surface area contributed by atoms with E-state index in [-0.39, 0.29) is 29.1 Å². The number of hydrogen-bond donors (Lipinski definition) is 1. The van der Waals surface area contributed by atoms with Crippen LogP contribution in [0.1, 0.15) is 41.0 Å². The lowest BCUT2D eigenvalue weighted by molar-refractivity contribution is 0.0218. The highest BCUT2D eigenvalue weighted by molar-refractivity contribution is 7.92. The first-order valence-corrected chi connectivity index (χ1v) is 16.6. The number of pyridine rings is 1. The van der Waals surface area contributed by atoms with Crippen molar-refractivity contribution in [2.45, 2.75) is 52.7 Å². The van der Waals surface area contributed by atoms with Crippen LogP contribution in [0.3, 0.4) is 0 Å². The van der Waals surface area contributed by atoms with Crippen LogP contribution in [0.4, 0.5) is 20.6 Å². The van der Waals surface area contributed by atoms with Gasteiger partial charge in [-0.05, 0) is 76.6 Å². The van der Waals surface area contributed by atoms with E-state index in [1.165, 1.54) is 6.07 Å². The number of carbonyl (C=O) groups excluding carboxylic acids is 1. The zero-order valence-corrected chi connectivity index (χ0v) is 27.0. The topological polar surface area (TPSA) is 110 Å². The Bertz CT molecular complexity index is 1750. The molecule has 2 aromatic carbocycles. The van der Waals surface area contributed by atoms with E-state index in [9.17, 15) is 13.2 Å². The van der Waals surface area contributed by atoms with Gasteiger partial charge in [0.05, 0.1) is 17.1 Å². The van der Waals surface area contributed by atoms with Crippen molar-refractivity contribution in [1.29, 1.82) is 0 Å². The summed E-state index contributed by atoms with van der Waals surface area (Å²) in [6.45, 7) is 11.2. The third kappa shape index (κ3) is 7.44. The van der Waals surface area contributed by atoms with Gasteiger partial charge in [0.2, 0.25) is 10.0 Å². The first kappa shape index (κ1) is 32.0. The van der Waals surface area contributed by atoms with Crippen molar-refractivity contribution < 1.29 is 22.3 Å². The van der Waals surface area contributed by atoms with E-state index in [0.29, 0.717) is 37.3 Å². The number of ether oxygens (including phenoxy) is 1. The van der Waals surface area contributed by atoms with Crippen molar-refractivity contribution in [3.8, 4) is 28.1 Å². The van der Waals surface area contributed by atoms with Crippen LogP contribution >= 0.6 is 0 Å². The van der Waals surface area contributed by atoms with Crippen LogP contribution in [-0.4, -0.2) is 71.2 Å². The number of aromatic nitrogens is 3. The minimum absolute atomic E-state index is 0.0803. The van der Waals surface area contributed by atoms with Crippen molar-refractivity contribution in [2.24, 2.45) is 0 Å². The molecule has 1 atom stereocenters. The number of halogens is 1. The molecule has 4 aromatic rings. The summed E-state index contributed by atoms with van der Waals surface area (Å²) >= 11 is 0. The van der Waals surface area contributed by atoms with Crippen LogP contribution in [0.25, 0.3) is 28.1 Å². The molecular formula is C33H39FN6O4S. The molecule has 1 N–H and O–H groups in total. The Hall–Kier alpha value is -4.45. The number of anilines is 2. The maximum atomic E-state index is 15.9. The van der Waals surface area contributed by atoms with Crippen molar-refractivity contribution in [1.82, 2.24) is 19.7 Å². The zero-order valence-electron chi connectivity index (χ0n) is 26.2. The maximum absolute atomic E-state index is 15.9. The molecule has 238 valence electrons. The largest absolute Gasteiger partial charge is 0.444 e. The summed E-state index contributed by atoms with van der Waals surface area (Å²) in [7, 11) is -3.69. The van der Waals surface area contributed by atoms with Crippen LogP contribution in [0.15, 0.2) is 73.2 Å². The summed E-state index contributed by atoms with van der Waals surface area (Å²) in [6.07, 6.45) is 5.14. The summed E-state index contributed by atoms with van der Waals surface area (Å²) in [5.74, 6) is -0.785. The van der Waals surface area contributed by atoms with Gasteiger partial charge in [0.25, 0.3) is 0 Å². The lowest BCUT2D eigenvalue weighted by atomic mass is 10.0. The van der Waals surface area contributed by atoms with Crippen molar-refractivity contribution >= 4 is 27.5 Å². The standard InChI is InChI=1S/C33H39FN6O4S/c1-6-20-45(42,43)37-29-9-7-8-27(30(29)34)28-22-40(36-31(28)24-14-16-35-17-15-24)26-12-10-25(11-13-26)39-19-18-38(21-23(39)2)32(41)44-33(3,4)5/h7-17,22-23,37H,6,18-21H2,1-5H3/t23-/m0/s1. The van der Waals surface area contributed by atoms with E-state index in [4.69, 9.17) is 9.84 Å². The highest BCUT2D eigenvalue weighted by atomic mass is 32.2. The Morgan fingerprint density at radius 1 is 1.02 bits per heavy atom. The minimum atomic E-state index is -3.69. The fourth-order valence-electron chi connectivity index (χ4n) is 5.36. The number of rotatable bonds is 8. The number of hydrogen-bond acceptors (Lipinski definition) is 7. The number of nitrogens with one attached hydrogen (secondary N) is 1. The van der Waals surface area contributed by atoms with Gasteiger partial charge >= 0.3 is 6.09 Å². The molecule has 1 fully saturated rings. The number of carbonyl (C=O) groups is 1. The molecule has 1 saturated heterocycles. The van der Waals surface area contributed by atoms with Gasteiger partial charge in [0.1, 0.15) is 11.3 Å². The van der Waals surface area contributed by atoms with E-state index in [1.807, 2.05) is 45.0 Å². The van der Waals surface area contributed by atoms with Crippen LogP contribution in [-0.2, 0) is 14.8 Å². The normalized spacial score (nSPS) is 15.6. The van der Waals surface area contributed by atoms with Crippen LogP contribution in [0, 0.1) is 5.82 Å². The second kappa shape index (κ2) is 12.9. The van der Waals surface area contributed by atoms with Gasteiger partial charge in [-0.25, -0.2) is 22.3 Å². The van der Waals surface area contributed by atoms with Crippen LogP contribution in [0.2, 0.25) is 0 Å². The number of benzene rings is 2. The molecule has 3 heterocycles. The molecule has 0 saturated carbocycles. The third-order valence-corrected chi connectivity index (χ3v) is 8.90. The lowest BCUT2D eigenvalue weighted by Crippen LogP contribution is -2.54. The van der Waals surface area contributed by atoms with Gasteiger partial charge in [-0.15, -0.1) is 0 Å². The summed E-state index contributed by atoms with van der Waals surface area (Å²) < 4.78 is 50.3. The fourth-order valence-corrected chi connectivity index (χ4v) is 6.49. The van der Waals surface area contributed by atoms with E-state index in [0.717, 1.165) is 16.9 Å². The van der Waals surface area contributed by atoms with Crippen molar-refractivity contribution in [2.75, 3.05) is 35.0 Å². The van der Waals surface area contributed by atoms with Gasteiger partial charge < -0.3 is 14.5 Å². The molecule has 45 heavy (non-hydrogen) atoms.